The molecule has 6 heteroatoms. The number of carbonyl (C=O) groups excluding carboxylic acids is 2. The van der Waals surface area contributed by atoms with Crippen molar-refractivity contribution >= 4 is 49.5 Å². The molecule has 0 amide bonds. The van der Waals surface area contributed by atoms with Crippen LogP contribution in [0.3, 0.4) is 0 Å². The van der Waals surface area contributed by atoms with E-state index in [-0.39, 0.29) is 55.5 Å². The van der Waals surface area contributed by atoms with Crippen LogP contribution in [0, 0.1) is 0 Å². The van der Waals surface area contributed by atoms with E-state index >= 15 is 0 Å². The van der Waals surface area contributed by atoms with Crippen LogP contribution in [-0.2, 0) is 14.3 Å². The molecule has 0 saturated heterocycles. The Hall–Kier alpha value is -0.100. The third-order valence-electron chi connectivity index (χ3n) is 4.97. The van der Waals surface area contributed by atoms with Crippen LogP contribution in [0.2, 0.25) is 0 Å². The second-order valence-corrected chi connectivity index (χ2v) is 7.25. The minimum atomic E-state index is -1.08. The molecule has 0 bridgehead atoms. The van der Waals surface area contributed by atoms with E-state index in [2.05, 4.69) is 6.92 Å². The van der Waals surface area contributed by atoms with E-state index in [1.165, 1.54) is 64.2 Å². The summed E-state index contributed by atoms with van der Waals surface area (Å²) in [5.41, 5.74) is -0.275. The Morgan fingerprint density at radius 1 is 0.889 bits per heavy atom. The summed E-state index contributed by atoms with van der Waals surface area (Å²) in [7, 11) is 0. The van der Waals surface area contributed by atoms with Crippen molar-refractivity contribution in [3.63, 3.8) is 0 Å². The van der Waals surface area contributed by atoms with Gasteiger partial charge in [0.2, 0.25) is 0 Å². The number of cyclic esters (lactones) is 1. The second kappa shape index (κ2) is 16.8. The number of ketones is 1. The topological polar surface area (TPSA) is 83.8 Å². The fourth-order valence-electron chi connectivity index (χ4n) is 3.32. The molecule has 1 unspecified atom stereocenters. The molecule has 1 heterocycles. The molecule has 0 aromatic heterocycles. The Kier molecular flexibility index (Phi) is 16.8. The second-order valence-electron chi connectivity index (χ2n) is 7.25. The van der Waals surface area contributed by atoms with Crippen molar-refractivity contribution in [3.05, 3.63) is 11.3 Å². The number of carbonyl (C=O) groups is 2. The van der Waals surface area contributed by atoms with Gasteiger partial charge in [0, 0.05) is 6.42 Å². The van der Waals surface area contributed by atoms with Gasteiger partial charge >= 0.3 is 43.7 Å². The number of ether oxygens (including phenoxy) is 1. The van der Waals surface area contributed by atoms with Crippen LogP contribution in [0.4, 0.5) is 0 Å². The Balaban J connectivity index is 0.00000676. The first-order valence-electron chi connectivity index (χ1n) is 10.4. The summed E-state index contributed by atoms with van der Waals surface area (Å²) < 4.78 is 4.74. The minimum absolute atomic E-state index is 0. The van der Waals surface area contributed by atoms with Crippen molar-refractivity contribution < 1.29 is 24.5 Å². The fourth-order valence-corrected chi connectivity index (χ4v) is 3.32. The zero-order valence-electron chi connectivity index (χ0n) is 16.3. The van der Waals surface area contributed by atoms with E-state index in [4.69, 9.17) is 9.84 Å². The number of rotatable bonds is 16. The molecule has 0 aliphatic carbocycles. The van der Waals surface area contributed by atoms with Gasteiger partial charge in [-0.05, 0) is 6.42 Å². The first-order chi connectivity index (χ1) is 12.6. The zero-order chi connectivity index (χ0) is 19.2. The number of esters is 1. The molecular weight excluding hydrogens is 372 g/mol. The standard InChI is InChI=1S/C21H36O5.Ca.2H/c1-2-3-4-5-6-7-8-9-10-11-12-13-14-15-17(23)19-20(24)18(16-22)26-21(19)25;;;/h18,22,24H,2-16H2,1H3;;;. The summed E-state index contributed by atoms with van der Waals surface area (Å²) in [6.45, 7) is 1.74. The molecule has 1 aliphatic heterocycles. The third-order valence-corrected chi connectivity index (χ3v) is 4.97. The molecule has 0 saturated carbocycles. The van der Waals surface area contributed by atoms with Crippen molar-refractivity contribution in [2.75, 3.05) is 6.61 Å². The van der Waals surface area contributed by atoms with Crippen LogP contribution in [0.25, 0.3) is 0 Å². The van der Waals surface area contributed by atoms with E-state index in [1.807, 2.05) is 0 Å². The van der Waals surface area contributed by atoms with Crippen LogP contribution in [-0.4, -0.2) is 72.4 Å². The quantitative estimate of drug-likeness (QED) is 0.175. The number of aliphatic hydroxyl groups is 2. The van der Waals surface area contributed by atoms with Gasteiger partial charge in [-0.15, -0.1) is 0 Å². The van der Waals surface area contributed by atoms with E-state index in [9.17, 15) is 14.7 Å². The van der Waals surface area contributed by atoms with Gasteiger partial charge in [0.15, 0.2) is 17.6 Å². The molecule has 1 aliphatic rings. The maximum atomic E-state index is 12.0. The molecule has 2 N–H and O–H groups in total. The SMILES string of the molecule is CCCCCCCCCCCCCCCC(=O)C1=C(O)C(CO)OC1=O.[CaH2]. The molecule has 1 rings (SSSR count). The zero-order valence-corrected chi connectivity index (χ0v) is 16.3. The van der Waals surface area contributed by atoms with Gasteiger partial charge in [0.1, 0.15) is 5.57 Å². The predicted octanol–water partition coefficient (Wildman–Crippen LogP) is 3.85. The van der Waals surface area contributed by atoms with Gasteiger partial charge in [-0.1, -0.05) is 84.0 Å². The molecule has 0 aromatic carbocycles. The Morgan fingerprint density at radius 2 is 1.33 bits per heavy atom. The number of hydrogen-bond acceptors (Lipinski definition) is 5. The van der Waals surface area contributed by atoms with Crippen molar-refractivity contribution in [2.45, 2.75) is 103 Å². The van der Waals surface area contributed by atoms with Gasteiger partial charge < -0.3 is 14.9 Å². The summed E-state index contributed by atoms with van der Waals surface area (Å²) in [4.78, 5) is 23.6. The van der Waals surface area contributed by atoms with Crippen molar-refractivity contribution in [2.24, 2.45) is 0 Å². The number of hydrogen-bond donors (Lipinski definition) is 2. The normalized spacial score (nSPS) is 16.4. The van der Waals surface area contributed by atoms with Crippen molar-refractivity contribution in [1.29, 1.82) is 0 Å². The van der Waals surface area contributed by atoms with E-state index < -0.39 is 24.4 Å². The Labute approximate surface area is 193 Å². The Bertz CT molecular complexity index is 461. The summed E-state index contributed by atoms with van der Waals surface area (Å²) in [5, 5.41) is 18.7. The number of Topliss-reactive ketones (excluding diaryl/α,β-unsaturated/α-hetero) is 1. The molecule has 0 fully saturated rings. The van der Waals surface area contributed by atoms with Gasteiger partial charge in [0.05, 0.1) is 6.61 Å². The predicted molar refractivity (Wildman–Crippen MR) is 110 cm³/mol. The molecule has 154 valence electrons. The van der Waals surface area contributed by atoms with Crippen LogP contribution in [0.15, 0.2) is 11.3 Å². The average molecular weight is 411 g/mol. The Morgan fingerprint density at radius 3 is 1.74 bits per heavy atom. The van der Waals surface area contributed by atoms with Crippen molar-refractivity contribution in [3.8, 4) is 0 Å². The van der Waals surface area contributed by atoms with Gasteiger partial charge in [-0.25, -0.2) is 4.79 Å². The molecule has 27 heavy (non-hydrogen) atoms. The average Bonchev–Trinajstić information content (AvgIpc) is 2.92. The van der Waals surface area contributed by atoms with Crippen LogP contribution >= 0.6 is 0 Å². The van der Waals surface area contributed by atoms with E-state index in [0.29, 0.717) is 6.42 Å². The van der Waals surface area contributed by atoms with Crippen LogP contribution in [0.1, 0.15) is 96.8 Å². The van der Waals surface area contributed by atoms with E-state index in [0.717, 1.165) is 12.8 Å². The van der Waals surface area contributed by atoms with Crippen LogP contribution in [0.5, 0.6) is 0 Å². The van der Waals surface area contributed by atoms with Crippen molar-refractivity contribution in [1.82, 2.24) is 0 Å². The van der Waals surface area contributed by atoms with Crippen LogP contribution < -0.4 is 0 Å². The molecule has 0 radical (unpaired) electrons. The monoisotopic (exact) mass is 410 g/mol. The molecule has 0 spiro atoms. The summed E-state index contributed by atoms with van der Waals surface area (Å²) in [6.07, 6.45) is 15.1. The summed E-state index contributed by atoms with van der Waals surface area (Å²) >= 11 is 0. The summed E-state index contributed by atoms with van der Waals surface area (Å²) in [5.74, 6) is -1.62. The maximum absolute atomic E-state index is 12.0. The first-order valence-corrected chi connectivity index (χ1v) is 10.4. The molecule has 1 atom stereocenters. The molecular formula is C21H38CaO5. The number of unbranched alkanes of at least 4 members (excludes halogenated alkanes) is 12. The molecule has 5 nitrogen and oxygen atoms in total. The van der Waals surface area contributed by atoms with Gasteiger partial charge in [-0.3, -0.25) is 4.79 Å². The van der Waals surface area contributed by atoms with E-state index in [1.54, 1.807) is 0 Å². The first kappa shape index (κ1) is 26.9. The van der Waals surface area contributed by atoms with Gasteiger partial charge in [-0.2, -0.15) is 0 Å². The fraction of sp³-hybridized carbons (Fsp3) is 0.810. The molecule has 0 aromatic rings. The third kappa shape index (κ3) is 10.9. The summed E-state index contributed by atoms with van der Waals surface area (Å²) in [6, 6.07) is 0. The number of aliphatic hydroxyl groups excluding tert-OH is 2. The van der Waals surface area contributed by atoms with Gasteiger partial charge in [0.25, 0.3) is 0 Å².